The van der Waals surface area contributed by atoms with Crippen molar-refractivity contribution in [3.63, 3.8) is 0 Å². The molecule has 116 valence electrons. The van der Waals surface area contributed by atoms with Gasteiger partial charge in [-0.1, -0.05) is 24.3 Å². The molecule has 3 aromatic rings. The van der Waals surface area contributed by atoms with Crippen molar-refractivity contribution in [2.45, 2.75) is 11.7 Å². The van der Waals surface area contributed by atoms with Crippen LogP contribution in [0.25, 0.3) is 11.4 Å². The van der Waals surface area contributed by atoms with Gasteiger partial charge in [-0.05, 0) is 29.4 Å². The summed E-state index contributed by atoms with van der Waals surface area (Å²) in [4.78, 5) is 16.9. The van der Waals surface area contributed by atoms with Crippen molar-refractivity contribution in [2.75, 3.05) is 11.1 Å². The molecular weight excluding hydrogens is 312 g/mol. The van der Waals surface area contributed by atoms with Gasteiger partial charge >= 0.3 is 0 Å². The van der Waals surface area contributed by atoms with Gasteiger partial charge in [0.25, 0.3) is 0 Å². The van der Waals surface area contributed by atoms with Crippen LogP contribution in [0.15, 0.2) is 47.3 Å². The van der Waals surface area contributed by atoms with Gasteiger partial charge in [0.2, 0.25) is 11.9 Å². The highest BCUT2D eigenvalue weighted by molar-refractivity contribution is 8.00. The number of carbonyl (C=O) groups excluding carboxylic acids is 1. The molecular formula is C16H14N4O2S. The molecule has 1 aliphatic rings. The molecule has 0 saturated carbocycles. The van der Waals surface area contributed by atoms with Crippen LogP contribution in [0.1, 0.15) is 16.4 Å². The number of fused-ring (bicyclic) bond motifs is 1. The van der Waals surface area contributed by atoms with Gasteiger partial charge in [-0.15, -0.1) is 16.9 Å². The lowest BCUT2D eigenvalue weighted by Gasteiger charge is -2.23. The van der Waals surface area contributed by atoms with E-state index in [1.807, 2.05) is 18.2 Å². The van der Waals surface area contributed by atoms with Gasteiger partial charge in [0.1, 0.15) is 11.5 Å². The Morgan fingerprint density at radius 3 is 3.13 bits per heavy atom. The Balaban J connectivity index is 1.53. The molecule has 1 atom stereocenters. The molecule has 1 aliphatic heterocycles. The van der Waals surface area contributed by atoms with Crippen LogP contribution in [0.4, 0.5) is 5.95 Å². The van der Waals surface area contributed by atoms with E-state index >= 15 is 0 Å². The van der Waals surface area contributed by atoms with Crippen LogP contribution in [0.3, 0.4) is 0 Å². The Morgan fingerprint density at radius 1 is 1.35 bits per heavy atom. The fraction of sp³-hybridized carbons (Fsp3) is 0.188. The molecule has 0 aliphatic carbocycles. The number of benzene rings is 1. The van der Waals surface area contributed by atoms with E-state index in [2.05, 4.69) is 26.6 Å². The smallest absolute Gasteiger partial charge is 0.249 e. The van der Waals surface area contributed by atoms with Gasteiger partial charge in [0.05, 0.1) is 11.8 Å². The number of carbonyl (C=O) groups is 1. The summed E-state index contributed by atoms with van der Waals surface area (Å²) in [5.74, 6) is 1.67. The molecule has 0 fully saturated rings. The summed E-state index contributed by atoms with van der Waals surface area (Å²) < 4.78 is 5.02. The molecule has 1 amide bonds. The summed E-state index contributed by atoms with van der Waals surface area (Å²) in [5.41, 5.74) is 3.10. The number of rotatable bonds is 3. The van der Waals surface area contributed by atoms with Gasteiger partial charge in [0, 0.05) is 0 Å². The highest BCUT2D eigenvalue weighted by atomic mass is 32.2. The zero-order valence-electron chi connectivity index (χ0n) is 12.2. The topological polar surface area (TPSA) is 83.8 Å². The van der Waals surface area contributed by atoms with E-state index in [0.29, 0.717) is 5.82 Å². The average Bonchev–Trinajstić information content (AvgIpc) is 3.25. The summed E-state index contributed by atoms with van der Waals surface area (Å²) in [6.45, 7) is 0. The molecule has 0 spiro atoms. The first kappa shape index (κ1) is 14.1. The quantitative estimate of drug-likeness (QED) is 0.773. The molecule has 23 heavy (non-hydrogen) atoms. The number of aryl methyl sites for hydroxylation is 1. The lowest BCUT2D eigenvalue weighted by Crippen LogP contribution is -2.23. The van der Waals surface area contributed by atoms with E-state index in [4.69, 9.17) is 4.42 Å². The van der Waals surface area contributed by atoms with Crippen LogP contribution in [0.5, 0.6) is 0 Å². The van der Waals surface area contributed by atoms with Gasteiger partial charge in [0.15, 0.2) is 5.82 Å². The van der Waals surface area contributed by atoms with Gasteiger partial charge in [-0.3, -0.25) is 15.2 Å². The molecule has 0 unspecified atom stereocenters. The third kappa shape index (κ3) is 2.75. The molecule has 0 saturated heterocycles. The van der Waals surface area contributed by atoms with E-state index in [1.54, 1.807) is 30.4 Å². The molecule has 0 radical (unpaired) electrons. The second kappa shape index (κ2) is 5.92. The first-order valence-electron chi connectivity index (χ1n) is 7.26. The van der Waals surface area contributed by atoms with E-state index in [9.17, 15) is 4.79 Å². The molecule has 1 aromatic carbocycles. The molecule has 7 heteroatoms. The van der Waals surface area contributed by atoms with E-state index in [0.717, 1.165) is 23.3 Å². The zero-order valence-corrected chi connectivity index (χ0v) is 13.0. The van der Waals surface area contributed by atoms with Crippen molar-refractivity contribution in [1.29, 1.82) is 0 Å². The lowest BCUT2D eigenvalue weighted by atomic mass is 10.0. The summed E-state index contributed by atoms with van der Waals surface area (Å²) >= 11 is 1.64. The van der Waals surface area contributed by atoms with Gasteiger partial charge in [-0.25, -0.2) is 0 Å². The molecule has 4 rings (SSSR count). The van der Waals surface area contributed by atoms with Crippen molar-refractivity contribution < 1.29 is 9.21 Å². The second-order valence-corrected chi connectivity index (χ2v) is 6.42. The van der Waals surface area contributed by atoms with Gasteiger partial charge < -0.3 is 4.42 Å². The predicted molar refractivity (Wildman–Crippen MR) is 88.1 cm³/mol. The first-order chi connectivity index (χ1) is 11.3. The normalized spacial score (nSPS) is 16.8. The predicted octanol–water partition coefficient (Wildman–Crippen LogP) is 3.03. The number of hydrogen-bond acceptors (Lipinski definition) is 5. The highest BCUT2D eigenvalue weighted by Gasteiger charge is 2.27. The SMILES string of the molecule is O=C(Nc1n[nH]c(-c2ccoc2)n1)[C@@H]1SCCc2ccccc21. The molecule has 2 N–H and O–H groups in total. The minimum absolute atomic E-state index is 0.0973. The number of furan rings is 1. The molecule has 0 bridgehead atoms. The number of aromatic nitrogens is 3. The Hall–Kier alpha value is -2.54. The van der Waals surface area contributed by atoms with E-state index < -0.39 is 0 Å². The Morgan fingerprint density at radius 2 is 2.26 bits per heavy atom. The number of nitrogens with zero attached hydrogens (tertiary/aromatic N) is 2. The zero-order chi connectivity index (χ0) is 15.6. The number of H-pyrrole nitrogens is 1. The summed E-state index contributed by atoms with van der Waals surface area (Å²) in [6.07, 6.45) is 4.13. The monoisotopic (exact) mass is 326 g/mol. The van der Waals surface area contributed by atoms with Crippen molar-refractivity contribution >= 4 is 23.6 Å². The standard InChI is InChI=1S/C16H14N4O2S/c21-15(13-12-4-2-1-3-10(12)6-8-23-13)18-16-17-14(19-20-16)11-5-7-22-9-11/h1-5,7,9,13H,6,8H2,(H2,17,18,19,20,21)/t13-/m1/s1. The Kier molecular flexibility index (Phi) is 3.63. The van der Waals surface area contributed by atoms with E-state index in [1.165, 1.54) is 5.56 Å². The number of nitrogens with one attached hydrogen (secondary N) is 2. The maximum absolute atomic E-state index is 12.6. The number of amides is 1. The van der Waals surface area contributed by atoms with Crippen LogP contribution >= 0.6 is 11.8 Å². The number of aromatic amines is 1. The maximum Gasteiger partial charge on any atom is 0.249 e. The second-order valence-electron chi connectivity index (χ2n) is 5.21. The molecule has 3 heterocycles. The number of hydrogen-bond donors (Lipinski definition) is 2. The summed E-state index contributed by atoms with van der Waals surface area (Å²) in [7, 11) is 0. The Labute approximate surface area is 136 Å². The number of anilines is 1. The molecule has 6 nitrogen and oxygen atoms in total. The third-order valence-electron chi connectivity index (χ3n) is 3.75. The van der Waals surface area contributed by atoms with Crippen molar-refractivity contribution in [1.82, 2.24) is 15.2 Å². The average molecular weight is 326 g/mol. The fourth-order valence-electron chi connectivity index (χ4n) is 2.63. The highest BCUT2D eigenvalue weighted by Crippen LogP contribution is 2.37. The largest absolute Gasteiger partial charge is 0.472 e. The van der Waals surface area contributed by atoms with Crippen LogP contribution in [-0.2, 0) is 11.2 Å². The van der Waals surface area contributed by atoms with Crippen molar-refractivity contribution in [2.24, 2.45) is 0 Å². The van der Waals surface area contributed by atoms with E-state index in [-0.39, 0.29) is 17.1 Å². The molecule has 2 aromatic heterocycles. The Bertz CT molecular complexity index is 828. The van der Waals surface area contributed by atoms with Gasteiger partial charge in [-0.2, -0.15) is 4.98 Å². The fourth-order valence-corrected chi connectivity index (χ4v) is 3.83. The third-order valence-corrected chi connectivity index (χ3v) is 4.99. The maximum atomic E-state index is 12.6. The van der Waals surface area contributed by atoms with Crippen molar-refractivity contribution in [3.05, 3.63) is 54.0 Å². The summed E-state index contributed by atoms with van der Waals surface area (Å²) in [6, 6.07) is 9.85. The number of thioether (sulfide) groups is 1. The van der Waals surface area contributed by atoms with Crippen LogP contribution in [0, 0.1) is 0 Å². The lowest BCUT2D eigenvalue weighted by molar-refractivity contribution is -0.115. The van der Waals surface area contributed by atoms with Crippen molar-refractivity contribution in [3.8, 4) is 11.4 Å². The minimum Gasteiger partial charge on any atom is -0.472 e. The first-order valence-corrected chi connectivity index (χ1v) is 8.31. The van der Waals surface area contributed by atoms with Crippen LogP contribution < -0.4 is 5.32 Å². The summed E-state index contributed by atoms with van der Waals surface area (Å²) in [5, 5.41) is 9.40. The van der Waals surface area contributed by atoms with Crippen LogP contribution in [0.2, 0.25) is 0 Å². The van der Waals surface area contributed by atoms with Crippen LogP contribution in [-0.4, -0.2) is 26.8 Å². The minimum atomic E-state index is -0.226.